The van der Waals surface area contributed by atoms with Gasteiger partial charge >= 0.3 is 0 Å². The van der Waals surface area contributed by atoms with Crippen molar-refractivity contribution in [2.45, 2.75) is 38.1 Å². The molecule has 0 aromatic heterocycles. The molecule has 4 nitrogen and oxygen atoms in total. The van der Waals surface area contributed by atoms with E-state index in [2.05, 4.69) is 37.2 Å². The monoisotopic (exact) mass is 304 g/mol. The molecule has 0 fully saturated rings. The molecule has 1 heterocycles. The fourth-order valence-electron chi connectivity index (χ4n) is 3.18. The summed E-state index contributed by atoms with van der Waals surface area (Å²) < 4.78 is 5.07. The molecule has 122 valence electrons. The van der Waals surface area contributed by atoms with E-state index in [1.165, 1.54) is 5.56 Å². The average molecular weight is 304 g/mol. The minimum Gasteiger partial charge on any atom is -0.385 e. The van der Waals surface area contributed by atoms with Crippen molar-refractivity contribution in [2.75, 3.05) is 39.3 Å². The number of amides is 1. The molecule has 1 unspecified atom stereocenters. The van der Waals surface area contributed by atoms with Crippen LogP contribution >= 0.6 is 0 Å². The van der Waals surface area contributed by atoms with Crippen LogP contribution in [0.5, 0.6) is 0 Å². The van der Waals surface area contributed by atoms with Gasteiger partial charge in [0, 0.05) is 38.4 Å². The van der Waals surface area contributed by atoms with Crippen LogP contribution in [0.2, 0.25) is 0 Å². The van der Waals surface area contributed by atoms with Gasteiger partial charge in [0.05, 0.1) is 0 Å². The second-order valence-corrected chi connectivity index (χ2v) is 6.30. The van der Waals surface area contributed by atoms with Crippen molar-refractivity contribution in [1.82, 2.24) is 4.90 Å². The van der Waals surface area contributed by atoms with Gasteiger partial charge in [-0.05, 0) is 51.4 Å². The molecule has 1 aromatic rings. The molecule has 1 aliphatic heterocycles. The predicted octanol–water partition coefficient (Wildman–Crippen LogP) is 2.71. The Morgan fingerprint density at radius 1 is 1.32 bits per heavy atom. The highest BCUT2D eigenvalue weighted by Gasteiger charge is 2.30. The molecule has 0 saturated carbocycles. The van der Waals surface area contributed by atoms with Gasteiger partial charge in [0.2, 0.25) is 5.91 Å². The van der Waals surface area contributed by atoms with Gasteiger partial charge in [0.25, 0.3) is 0 Å². The zero-order valence-corrected chi connectivity index (χ0v) is 14.0. The molecular weight excluding hydrogens is 276 g/mol. The third-order valence-electron chi connectivity index (χ3n) is 4.20. The van der Waals surface area contributed by atoms with Gasteiger partial charge in [0.15, 0.2) is 0 Å². The average Bonchev–Trinajstić information content (AvgIpc) is 2.50. The van der Waals surface area contributed by atoms with Crippen molar-refractivity contribution in [3.8, 4) is 0 Å². The number of para-hydroxylation sites is 1. The van der Waals surface area contributed by atoms with E-state index >= 15 is 0 Å². The molecule has 1 aliphatic rings. The third-order valence-corrected chi connectivity index (χ3v) is 4.20. The minimum atomic E-state index is 0.245. The van der Waals surface area contributed by atoms with E-state index in [-0.39, 0.29) is 11.9 Å². The quantitative estimate of drug-likeness (QED) is 0.726. The number of nitrogens with zero attached hydrogens (tertiary/aromatic N) is 2. The molecule has 0 bridgehead atoms. The summed E-state index contributed by atoms with van der Waals surface area (Å²) in [4.78, 5) is 17.0. The molecule has 2 rings (SSSR count). The number of rotatable bonds is 7. The van der Waals surface area contributed by atoms with E-state index < -0.39 is 0 Å². The van der Waals surface area contributed by atoms with Crippen molar-refractivity contribution >= 4 is 11.6 Å². The lowest BCUT2D eigenvalue weighted by atomic mass is 9.94. The van der Waals surface area contributed by atoms with E-state index in [0.29, 0.717) is 6.42 Å². The summed E-state index contributed by atoms with van der Waals surface area (Å²) in [6.07, 6.45) is 4.53. The zero-order chi connectivity index (χ0) is 15.9. The maximum atomic E-state index is 12.8. The van der Waals surface area contributed by atoms with Crippen molar-refractivity contribution in [2.24, 2.45) is 0 Å². The first-order valence-electron chi connectivity index (χ1n) is 8.17. The first kappa shape index (κ1) is 17.0. The smallest absolute Gasteiger partial charge is 0.227 e. The van der Waals surface area contributed by atoms with Crippen LogP contribution in [0.4, 0.5) is 5.69 Å². The Morgan fingerprint density at radius 2 is 2.09 bits per heavy atom. The number of fused-ring (bicyclic) bond motifs is 1. The number of unbranched alkanes of at least 4 members (excludes halogenated alkanes) is 1. The number of likely N-dealkylation sites (N-methyl/N-ethyl adjacent to an activating group) is 1. The molecule has 1 atom stereocenters. The van der Waals surface area contributed by atoms with Crippen molar-refractivity contribution in [3.05, 3.63) is 29.8 Å². The van der Waals surface area contributed by atoms with Gasteiger partial charge in [-0.15, -0.1) is 0 Å². The maximum absolute atomic E-state index is 12.8. The predicted molar refractivity (Wildman–Crippen MR) is 90.3 cm³/mol. The number of hydrogen-bond acceptors (Lipinski definition) is 3. The van der Waals surface area contributed by atoms with Gasteiger partial charge in [-0.1, -0.05) is 18.2 Å². The Labute approximate surface area is 134 Å². The summed E-state index contributed by atoms with van der Waals surface area (Å²) in [7, 11) is 5.85. The fourth-order valence-corrected chi connectivity index (χ4v) is 3.18. The van der Waals surface area contributed by atoms with Crippen LogP contribution < -0.4 is 4.90 Å². The number of methoxy groups -OCH3 is 1. The zero-order valence-electron chi connectivity index (χ0n) is 14.0. The SMILES string of the molecule is COCCCCC(=O)N1c2ccccc2CCC1CN(C)C. The maximum Gasteiger partial charge on any atom is 0.227 e. The van der Waals surface area contributed by atoms with E-state index in [1.54, 1.807) is 7.11 Å². The summed E-state index contributed by atoms with van der Waals surface area (Å²) in [5.41, 5.74) is 2.40. The van der Waals surface area contributed by atoms with Crippen LogP contribution in [-0.2, 0) is 16.0 Å². The highest BCUT2D eigenvalue weighted by Crippen LogP contribution is 2.31. The second-order valence-electron chi connectivity index (χ2n) is 6.30. The van der Waals surface area contributed by atoms with Gasteiger partial charge in [-0.3, -0.25) is 4.79 Å². The molecule has 4 heteroatoms. The minimum absolute atomic E-state index is 0.245. The lowest BCUT2D eigenvalue weighted by molar-refractivity contribution is -0.119. The van der Waals surface area contributed by atoms with Gasteiger partial charge < -0.3 is 14.5 Å². The lowest BCUT2D eigenvalue weighted by Crippen LogP contribution is -2.48. The van der Waals surface area contributed by atoms with E-state index in [1.807, 2.05) is 11.0 Å². The molecule has 22 heavy (non-hydrogen) atoms. The number of aryl methyl sites for hydroxylation is 1. The van der Waals surface area contributed by atoms with E-state index in [0.717, 1.165) is 44.5 Å². The lowest BCUT2D eigenvalue weighted by Gasteiger charge is -2.38. The van der Waals surface area contributed by atoms with Gasteiger partial charge in [0.1, 0.15) is 0 Å². The van der Waals surface area contributed by atoms with Crippen LogP contribution in [0.15, 0.2) is 24.3 Å². The first-order valence-corrected chi connectivity index (χ1v) is 8.17. The van der Waals surface area contributed by atoms with Crippen LogP contribution in [-0.4, -0.2) is 51.2 Å². The molecule has 0 N–H and O–H groups in total. The van der Waals surface area contributed by atoms with Crippen LogP contribution in [0.1, 0.15) is 31.2 Å². The molecule has 0 radical (unpaired) electrons. The summed E-state index contributed by atoms with van der Waals surface area (Å²) in [5, 5.41) is 0. The van der Waals surface area contributed by atoms with E-state index in [9.17, 15) is 4.79 Å². The fraction of sp³-hybridized carbons (Fsp3) is 0.611. The topological polar surface area (TPSA) is 32.8 Å². The first-order chi connectivity index (χ1) is 10.6. The largest absolute Gasteiger partial charge is 0.385 e. The number of hydrogen-bond donors (Lipinski definition) is 0. The molecule has 0 saturated heterocycles. The third kappa shape index (κ3) is 4.31. The highest BCUT2D eigenvalue weighted by atomic mass is 16.5. The highest BCUT2D eigenvalue weighted by molar-refractivity contribution is 5.95. The Kier molecular flexibility index (Phi) is 6.40. The van der Waals surface area contributed by atoms with Crippen LogP contribution in [0.3, 0.4) is 0 Å². The summed E-state index contributed by atoms with van der Waals surface area (Å²) >= 11 is 0. The Morgan fingerprint density at radius 3 is 2.82 bits per heavy atom. The standard InChI is InChI=1S/C18H28N2O2/c1-19(2)14-16-12-11-15-8-4-5-9-17(15)20(16)18(21)10-6-7-13-22-3/h4-5,8-9,16H,6-7,10-14H2,1-3H3. The molecule has 1 amide bonds. The normalized spacial score (nSPS) is 17.6. The van der Waals surface area contributed by atoms with Crippen molar-refractivity contribution < 1.29 is 9.53 Å². The second kappa shape index (κ2) is 8.30. The Hall–Kier alpha value is -1.39. The number of ether oxygens (including phenoxy) is 1. The summed E-state index contributed by atoms with van der Waals surface area (Å²) in [6, 6.07) is 8.60. The molecular formula is C18H28N2O2. The molecule has 0 aliphatic carbocycles. The Balaban J connectivity index is 2.12. The number of carbonyl (C=O) groups excluding carboxylic acids is 1. The van der Waals surface area contributed by atoms with Crippen molar-refractivity contribution in [1.29, 1.82) is 0 Å². The number of carbonyl (C=O) groups is 1. The number of anilines is 1. The number of benzene rings is 1. The summed E-state index contributed by atoms with van der Waals surface area (Å²) in [6.45, 7) is 1.64. The van der Waals surface area contributed by atoms with E-state index in [4.69, 9.17) is 4.74 Å². The van der Waals surface area contributed by atoms with Crippen LogP contribution in [0, 0.1) is 0 Å². The summed E-state index contributed by atoms with van der Waals surface area (Å²) in [5.74, 6) is 0.245. The molecule has 0 spiro atoms. The van der Waals surface area contributed by atoms with Gasteiger partial charge in [-0.25, -0.2) is 0 Å². The van der Waals surface area contributed by atoms with Crippen LogP contribution in [0.25, 0.3) is 0 Å². The van der Waals surface area contributed by atoms with Gasteiger partial charge in [-0.2, -0.15) is 0 Å². The van der Waals surface area contributed by atoms with Crippen molar-refractivity contribution in [3.63, 3.8) is 0 Å². The Bertz CT molecular complexity index is 488. The molecule has 1 aromatic carbocycles.